The van der Waals surface area contributed by atoms with Crippen LogP contribution in [0.5, 0.6) is 0 Å². The number of alkyl halides is 1. The molecular formula is C14H22FN5. The van der Waals surface area contributed by atoms with Crippen molar-refractivity contribution >= 4 is 5.69 Å². The fourth-order valence-corrected chi connectivity index (χ4v) is 2.10. The Hall–Kier alpha value is -1.85. The molecule has 0 unspecified atom stereocenters. The summed E-state index contributed by atoms with van der Waals surface area (Å²) < 4.78 is 16.0. The second-order valence-corrected chi connectivity index (χ2v) is 5.33. The van der Waals surface area contributed by atoms with Crippen molar-refractivity contribution < 1.29 is 4.39 Å². The van der Waals surface area contributed by atoms with Crippen LogP contribution < -0.4 is 5.32 Å². The number of halogens is 1. The first kappa shape index (κ1) is 14.6. The van der Waals surface area contributed by atoms with Gasteiger partial charge in [-0.3, -0.25) is 9.36 Å². The van der Waals surface area contributed by atoms with E-state index >= 15 is 0 Å². The van der Waals surface area contributed by atoms with E-state index in [9.17, 15) is 4.39 Å². The molecule has 2 aromatic rings. The summed E-state index contributed by atoms with van der Waals surface area (Å²) in [7, 11) is 0. The summed E-state index contributed by atoms with van der Waals surface area (Å²) in [5.74, 6) is 0.558. The SMILES string of the molecule is Cc1nn(CCF)cc1NCc1ccnn1CC(C)C. The number of rotatable bonds is 7. The molecule has 0 spiro atoms. The monoisotopic (exact) mass is 279 g/mol. The van der Waals surface area contributed by atoms with Gasteiger partial charge in [-0.15, -0.1) is 0 Å². The van der Waals surface area contributed by atoms with Crippen LogP contribution in [0.3, 0.4) is 0 Å². The van der Waals surface area contributed by atoms with E-state index < -0.39 is 6.67 Å². The van der Waals surface area contributed by atoms with Crippen LogP contribution in [0.25, 0.3) is 0 Å². The maximum atomic E-state index is 12.3. The highest BCUT2D eigenvalue weighted by atomic mass is 19.1. The fourth-order valence-electron chi connectivity index (χ4n) is 2.10. The average Bonchev–Trinajstić information content (AvgIpc) is 2.94. The molecule has 0 aliphatic heterocycles. The van der Waals surface area contributed by atoms with Crippen LogP contribution in [-0.2, 0) is 19.6 Å². The van der Waals surface area contributed by atoms with E-state index in [4.69, 9.17) is 0 Å². The molecule has 0 aliphatic rings. The molecule has 2 rings (SSSR count). The van der Waals surface area contributed by atoms with E-state index in [0.29, 0.717) is 19.0 Å². The lowest BCUT2D eigenvalue weighted by atomic mass is 10.2. The molecule has 0 atom stereocenters. The van der Waals surface area contributed by atoms with Crippen molar-refractivity contribution in [3.05, 3.63) is 29.8 Å². The van der Waals surface area contributed by atoms with Crippen LogP contribution in [0.4, 0.5) is 10.1 Å². The molecule has 0 aromatic carbocycles. The Kier molecular flexibility index (Phi) is 4.76. The summed E-state index contributed by atoms with van der Waals surface area (Å²) in [6, 6.07) is 2.01. The van der Waals surface area contributed by atoms with Gasteiger partial charge in [0.05, 0.1) is 30.2 Å². The number of hydrogen-bond donors (Lipinski definition) is 1. The number of nitrogens with zero attached hydrogens (tertiary/aromatic N) is 4. The van der Waals surface area contributed by atoms with Gasteiger partial charge in [-0.2, -0.15) is 10.2 Å². The molecule has 1 N–H and O–H groups in total. The molecule has 0 saturated carbocycles. The van der Waals surface area contributed by atoms with Gasteiger partial charge in [0.25, 0.3) is 0 Å². The van der Waals surface area contributed by atoms with E-state index in [0.717, 1.165) is 23.6 Å². The van der Waals surface area contributed by atoms with E-state index in [1.165, 1.54) is 0 Å². The molecule has 2 aromatic heterocycles. The standard InChI is InChI=1S/C14H22FN5/c1-11(2)9-20-13(4-6-17-20)8-16-14-10-19(7-5-15)18-12(14)3/h4,6,10-11,16H,5,7-9H2,1-3H3. The van der Waals surface area contributed by atoms with Gasteiger partial charge in [0, 0.05) is 18.9 Å². The third kappa shape index (κ3) is 3.59. The van der Waals surface area contributed by atoms with Crippen molar-refractivity contribution in [2.24, 2.45) is 5.92 Å². The lowest BCUT2D eigenvalue weighted by Gasteiger charge is -2.10. The number of nitrogens with one attached hydrogen (secondary N) is 1. The number of aromatic nitrogens is 4. The van der Waals surface area contributed by atoms with Crippen LogP contribution in [-0.4, -0.2) is 26.2 Å². The molecule has 0 aliphatic carbocycles. The van der Waals surface area contributed by atoms with Gasteiger partial charge in [0.15, 0.2) is 0 Å². The molecule has 110 valence electrons. The smallest absolute Gasteiger partial charge is 0.109 e. The van der Waals surface area contributed by atoms with Crippen LogP contribution in [0.1, 0.15) is 25.2 Å². The Morgan fingerprint density at radius 3 is 2.90 bits per heavy atom. The van der Waals surface area contributed by atoms with Gasteiger partial charge in [0.1, 0.15) is 6.67 Å². The Labute approximate surface area is 118 Å². The largest absolute Gasteiger partial charge is 0.377 e. The van der Waals surface area contributed by atoms with Crippen LogP contribution in [0.15, 0.2) is 18.5 Å². The molecule has 0 amide bonds. The van der Waals surface area contributed by atoms with Crippen molar-refractivity contribution in [3.63, 3.8) is 0 Å². The highest BCUT2D eigenvalue weighted by Gasteiger charge is 2.07. The molecule has 20 heavy (non-hydrogen) atoms. The first-order valence-electron chi connectivity index (χ1n) is 6.94. The maximum absolute atomic E-state index is 12.3. The minimum Gasteiger partial charge on any atom is -0.377 e. The summed E-state index contributed by atoms with van der Waals surface area (Å²) in [6.45, 7) is 7.76. The maximum Gasteiger partial charge on any atom is 0.109 e. The minimum absolute atomic E-state index is 0.299. The van der Waals surface area contributed by atoms with Crippen molar-refractivity contribution in [2.75, 3.05) is 12.0 Å². The van der Waals surface area contributed by atoms with Crippen molar-refractivity contribution in [1.82, 2.24) is 19.6 Å². The molecular weight excluding hydrogens is 257 g/mol. The van der Waals surface area contributed by atoms with Crippen molar-refractivity contribution in [2.45, 2.75) is 40.4 Å². The minimum atomic E-state index is -0.401. The number of hydrogen-bond acceptors (Lipinski definition) is 3. The van der Waals surface area contributed by atoms with Crippen LogP contribution >= 0.6 is 0 Å². The zero-order chi connectivity index (χ0) is 14.5. The molecule has 0 fully saturated rings. The van der Waals surface area contributed by atoms with Gasteiger partial charge in [-0.1, -0.05) is 13.8 Å². The first-order chi connectivity index (χ1) is 9.60. The summed E-state index contributed by atoms with van der Waals surface area (Å²) >= 11 is 0. The normalized spacial score (nSPS) is 11.2. The predicted molar refractivity (Wildman–Crippen MR) is 77.3 cm³/mol. The fraction of sp³-hybridized carbons (Fsp3) is 0.571. The van der Waals surface area contributed by atoms with E-state index in [1.807, 2.05) is 30.1 Å². The second kappa shape index (κ2) is 6.54. The van der Waals surface area contributed by atoms with Gasteiger partial charge in [-0.25, -0.2) is 4.39 Å². The van der Waals surface area contributed by atoms with Gasteiger partial charge in [-0.05, 0) is 18.9 Å². The lowest BCUT2D eigenvalue weighted by Crippen LogP contribution is -2.12. The summed E-state index contributed by atoms with van der Waals surface area (Å²) in [4.78, 5) is 0. The third-order valence-corrected chi connectivity index (χ3v) is 3.06. The molecule has 2 heterocycles. The molecule has 0 radical (unpaired) electrons. The second-order valence-electron chi connectivity index (χ2n) is 5.33. The highest BCUT2D eigenvalue weighted by molar-refractivity contribution is 5.45. The van der Waals surface area contributed by atoms with Crippen LogP contribution in [0.2, 0.25) is 0 Å². The summed E-state index contributed by atoms with van der Waals surface area (Å²) in [6.07, 6.45) is 3.66. The molecule has 5 nitrogen and oxygen atoms in total. The van der Waals surface area contributed by atoms with E-state index in [-0.39, 0.29) is 0 Å². The summed E-state index contributed by atoms with van der Waals surface area (Å²) in [5, 5.41) is 11.9. The Morgan fingerprint density at radius 2 is 2.20 bits per heavy atom. The Morgan fingerprint density at radius 1 is 1.40 bits per heavy atom. The van der Waals surface area contributed by atoms with Gasteiger partial charge >= 0.3 is 0 Å². The average molecular weight is 279 g/mol. The van der Waals surface area contributed by atoms with Crippen LogP contribution in [0, 0.1) is 12.8 Å². The zero-order valence-corrected chi connectivity index (χ0v) is 12.3. The van der Waals surface area contributed by atoms with Crippen molar-refractivity contribution in [1.29, 1.82) is 0 Å². The third-order valence-electron chi connectivity index (χ3n) is 3.06. The molecule has 0 saturated heterocycles. The number of aryl methyl sites for hydroxylation is 2. The Balaban J connectivity index is 2.00. The number of anilines is 1. The first-order valence-corrected chi connectivity index (χ1v) is 6.94. The molecule has 0 bridgehead atoms. The molecule has 6 heteroatoms. The lowest BCUT2D eigenvalue weighted by molar-refractivity contribution is 0.426. The van der Waals surface area contributed by atoms with E-state index in [2.05, 4.69) is 29.4 Å². The zero-order valence-electron chi connectivity index (χ0n) is 12.3. The highest BCUT2D eigenvalue weighted by Crippen LogP contribution is 2.14. The quantitative estimate of drug-likeness (QED) is 0.847. The Bertz CT molecular complexity index is 544. The predicted octanol–water partition coefficient (Wildman–Crippen LogP) is 2.63. The van der Waals surface area contributed by atoms with E-state index in [1.54, 1.807) is 4.68 Å². The van der Waals surface area contributed by atoms with Gasteiger partial charge < -0.3 is 5.32 Å². The summed E-state index contributed by atoms with van der Waals surface area (Å²) in [5.41, 5.74) is 2.96. The van der Waals surface area contributed by atoms with Crippen molar-refractivity contribution in [3.8, 4) is 0 Å². The topological polar surface area (TPSA) is 47.7 Å². The van der Waals surface area contributed by atoms with Gasteiger partial charge in [0.2, 0.25) is 0 Å².